The lowest BCUT2D eigenvalue weighted by Crippen LogP contribution is -2.05. The summed E-state index contributed by atoms with van der Waals surface area (Å²) < 4.78 is 40.3. The first-order valence-electron chi connectivity index (χ1n) is 7.02. The third kappa shape index (κ3) is 2.76. The number of fused-ring (bicyclic) bond motifs is 1. The minimum Gasteiger partial charge on any atom is -0.504 e. The van der Waals surface area contributed by atoms with E-state index in [4.69, 9.17) is 5.11 Å². The Balaban J connectivity index is 2.26. The monoisotopic (exact) mass is 338 g/mol. The highest BCUT2D eigenvalue weighted by molar-refractivity contribution is 5.94. The third-order valence-corrected chi connectivity index (χ3v) is 3.64. The third-order valence-electron chi connectivity index (χ3n) is 3.64. The molecule has 0 fully saturated rings. The number of aliphatic hydroxyl groups is 1. The van der Waals surface area contributed by atoms with Crippen LogP contribution in [-0.4, -0.2) is 31.7 Å². The predicted molar refractivity (Wildman–Crippen MR) is 80.6 cm³/mol. The largest absolute Gasteiger partial charge is 0.504 e. The lowest BCUT2D eigenvalue weighted by molar-refractivity contribution is -0.137. The van der Waals surface area contributed by atoms with Crippen molar-refractivity contribution in [3.63, 3.8) is 0 Å². The maximum atomic E-state index is 13.0. The van der Waals surface area contributed by atoms with Crippen molar-refractivity contribution >= 4 is 10.9 Å². The van der Waals surface area contributed by atoms with Gasteiger partial charge in [-0.05, 0) is 36.4 Å². The Bertz CT molecular complexity index is 903. The van der Waals surface area contributed by atoms with Crippen LogP contribution in [0, 0.1) is 0 Å². The highest BCUT2D eigenvalue weighted by Gasteiger charge is 2.31. The molecule has 3 rings (SSSR count). The zero-order valence-corrected chi connectivity index (χ0v) is 12.2. The zero-order chi connectivity index (χ0) is 17.5. The maximum absolute atomic E-state index is 13.0. The minimum atomic E-state index is -4.50. The average Bonchev–Trinajstić information content (AvgIpc) is 2.88. The van der Waals surface area contributed by atoms with Crippen LogP contribution in [0.15, 0.2) is 36.4 Å². The Morgan fingerprint density at radius 2 is 1.75 bits per heavy atom. The number of benzene rings is 2. The molecule has 2 aromatic carbocycles. The second-order valence-corrected chi connectivity index (χ2v) is 5.23. The molecule has 0 aliphatic heterocycles. The van der Waals surface area contributed by atoms with Gasteiger partial charge >= 0.3 is 6.18 Å². The SMILES string of the molecule is OCCn1nc(-c2ccc(O)c(O)c2)c2cc(C(F)(F)F)ccc21. The summed E-state index contributed by atoms with van der Waals surface area (Å²) in [7, 11) is 0. The highest BCUT2D eigenvalue weighted by atomic mass is 19.4. The Morgan fingerprint density at radius 3 is 2.38 bits per heavy atom. The van der Waals surface area contributed by atoms with E-state index < -0.39 is 17.5 Å². The lowest BCUT2D eigenvalue weighted by Gasteiger charge is -2.07. The molecule has 3 aromatic rings. The molecule has 0 radical (unpaired) electrons. The van der Waals surface area contributed by atoms with E-state index in [1.807, 2.05) is 0 Å². The molecule has 0 aliphatic rings. The number of halogens is 3. The van der Waals surface area contributed by atoms with E-state index in [1.54, 1.807) is 0 Å². The van der Waals surface area contributed by atoms with Gasteiger partial charge in [0.2, 0.25) is 0 Å². The summed E-state index contributed by atoms with van der Waals surface area (Å²) in [5, 5.41) is 32.6. The fourth-order valence-corrected chi connectivity index (χ4v) is 2.50. The van der Waals surface area contributed by atoms with Gasteiger partial charge in [0.05, 0.1) is 24.2 Å². The summed E-state index contributed by atoms with van der Waals surface area (Å²) in [6.45, 7) is -0.107. The molecule has 126 valence electrons. The maximum Gasteiger partial charge on any atom is 0.416 e. The van der Waals surface area contributed by atoms with Crippen LogP contribution in [0.1, 0.15) is 5.56 Å². The second-order valence-electron chi connectivity index (χ2n) is 5.23. The van der Waals surface area contributed by atoms with Crippen molar-refractivity contribution in [2.45, 2.75) is 12.7 Å². The summed E-state index contributed by atoms with van der Waals surface area (Å²) in [4.78, 5) is 0. The summed E-state index contributed by atoms with van der Waals surface area (Å²) >= 11 is 0. The van der Waals surface area contributed by atoms with E-state index in [1.165, 1.54) is 28.9 Å². The minimum absolute atomic E-state index is 0.117. The van der Waals surface area contributed by atoms with Crippen LogP contribution in [0.5, 0.6) is 11.5 Å². The molecule has 5 nitrogen and oxygen atoms in total. The summed E-state index contributed by atoms with van der Waals surface area (Å²) in [6.07, 6.45) is -4.50. The van der Waals surface area contributed by atoms with Gasteiger partial charge < -0.3 is 15.3 Å². The van der Waals surface area contributed by atoms with Crippen LogP contribution >= 0.6 is 0 Å². The molecule has 0 spiro atoms. The van der Waals surface area contributed by atoms with Crippen LogP contribution in [0.25, 0.3) is 22.2 Å². The molecule has 0 saturated carbocycles. The van der Waals surface area contributed by atoms with Crippen molar-refractivity contribution in [3.8, 4) is 22.8 Å². The molecule has 3 N–H and O–H groups in total. The topological polar surface area (TPSA) is 78.5 Å². The van der Waals surface area contributed by atoms with Gasteiger partial charge in [-0.15, -0.1) is 0 Å². The number of hydrogen-bond acceptors (Lipinski definition) is 4. The van der Waals surface area contributed by atoms with Gasteiger partial charge in [0.15, 0.2) is 11.5 Å². The summed E-state index contributed by atoms with van der Waals surface area (Å²) in [6, 6.07) is 7.13. The van der Waals surface area contributed by atoms with E-state index in [0.717, 1.165) is 12.1 Å². The first kappa shape index (κ1) is 16.1. The highest BCUT2D eigenvalue weighted by Crippen LogP contribution is 2.37. The van der Waals surface area contributed by atoms with Crippen molar-refractivity contribution < 1.29 is 28.5 Å². The van der Waals surface area contributed by atoms with Gasteiger partial charge in [-0.25, -0.2) is 0 Å². The van der Waals surface area contributed by atoms with E-state index in [-0.39, 0.29) is 30.0 Å². The molecule has 0 unspecified atom stereocenters. The Kier molecular flexibility index (Phi) is 3.84. The van der Waals surface area contributed by atoms with Crippen molar-refractivity contribution in [3.05, 3.63) is 42.0 Å². The van der Waals surface area contributed by atoms with E-state index >= 15 is 0 Å². The first-order chi connectivity index (χ1) is 11.3. The van der Waals surface area contributed by atoms with Gasteiger partial charge in [0.25, 0.3) is 0 Å². The van der Waals surface area contributed by atoms with Crippen molar-refractivity contribution in [2.24, 2.45) is 0 Å². The standard InChI is InChI=1S/C16H13F3N2O3/c17-16(18,19)10-2-3-12-11(8-10)15(20-21(12)5-6-22)9-1-4-13(23)14(24)7-9/h1-4,7-8,22-24H,5-6H2. The molecule has 0 saturated heterocycles. The van der Waals surface area contributed by atoms with E-state index in [0.29, 0.717) is 11.1 Å². The van der Waals surface area contributed by atoms with Crippen LogP contribution in [0.4, 0.5) is 13.2 Å². The number of nitrogens with zero attached hydrogens (tertiary/aromatic N) is 2. The van der Waals surface area contributed by atoms with Crippen LogP contribution in [0.2, 0.25) is 0 Å². The van der Waals surface area contributed by atoms with Gasteiger partial charge in [-0.3, -0.25) is 4.68 Å². The fraction of sp³-hybridized carbons (Fsp3) is 0.188. The zero-order valence-electron chi connectivity index (χ0n) is 12.2. The van der Waals surface area contributed by atoms with Crippen LogP contribution < -0.4 is 0 Å². The van der Waals surface area contributed by atoms with Crippen LogP contribution in [0.3, 0.4) is 0 Å². The molecule has 8 heteroatoms. The number of phenolic OH excluding ortho intramolecular Hbond substituents is 2. The molecule has 24 heavy (non-hydrogen) atoms. The second kappa shape index (κ2) is 5.72. The Hall–Kier alpha value is -2.74. The Morgan fingerprint density at radius 1 is 1.00 bits per heavy atom. The first-order valence-corrected chi connectivity index (χ1v) is 7.02. The van der Waals surface area contributed by atoms with Crippen molar-refractivity contribution in [2.75, 3.05) is 6.61 Å². The molecule has 0 aliphatic carbocycles. The lowest BCUT2D eigenvalue weighted by atomic mass is 10.0. The summed E-state index contributed by atoms with van der Waals surface area (Å²) in [5.41, 5.74) is 0.188. The Labute approximate surface area is 134 Å². The molecule has 1 aromatic heterocycles. The number of aliphatic hydroxyl groups excluding tert-OH is 1. The van der Waals surface area contributed by atoms with Gasteiger partial charge in [-0.1, -0.05) is 0 Å². The predicted octanol–water partition coefficient (Wildman–Crippen LogP) is 3.13. The number of phenols is 2. The molecule has 1 heterocycles. The molecular formula is C16H13F3N2O3. The summed E-state index contributed by atoms with van der Waals surface area (Å²) in [5.74, 6) is -0.738. The van der Waals surface area contributed by atoms with Gasteiger partial charge in [0, 0.05) is 10.9 Å². The smallest absolute Gasteiger partial charge is 0.416 e. The van der Waals surface area contributed by atoms with Gasteiger partial charge in [-0.2, -0.15) is 18.3 Å². The van der Waals surface area contributed by atoms with Crippen LogP contribution in [-0.2, 0) is 12.7 Å². The van der Waals surface area contributed by atoms with E-state index in [9.17, 15) is 23.4 Å². The fourth-order valence-electron chi connectivity index (χ4n) is 2.50. The average molecular weight is 338 g/mol. The number of hydrogen-bond donors (Lipinski definition) is 3. The number of aromatic hydroxyl groups is 2. The normalized spacial score (nSPS) is 12.0. The van der Waals surface area contributed by atoms with Crippen molar-refractivity contribution in [1.29, 1.82) is 0 Å². The van der Waals surface area contributed by atoms with Crippen molar-refractivity contribution in [1.82, 2.24) is 9.78 Å². The number of aromatic nitrogens is 2. The molecule has 0 bridgehead atoms. The molecule has 0 amide bonds. The number of alkyl halides is 3. The molecular weight excluding hydrogens is 325 g/mol. The number of rotatable bonds is 3. The van der Waals surface area contributed by atoms with E-state index in [2.05, 4.69) is 5.10 Å². The quantitative estimate of drug-likeness (QED) is 0.641. The van der Waals surface area contributed by atoms with Gasteiger partial charge in [0.1, 0.15) is 5.69 Å². The molecule has 0 atom stereocenters.